The summed E-state index contributed by atoms with van der Waals surface area (Å²) in [7, 11) is 0. The van der Waals surface area contributed by atoms with Crippen LogP contribution in [0, 0.1) is 18.6 Å². The van der Waals surface area contributed by atoms with Crippen molar-refractivity contribution in [2.24, 2.45) is 0 Å². The molecule has 4 nitrogen and oxygen atoms in total. The standard InChI is InChI=1S/C12H10F2N2O2S/c1-6(19-12-16-15-7(2)18-12)11(17)8-3-4-9(13)10(14)5-8/h3-6H,1-2H3. The van der Waals surface area contributed by atoms with Gasteiger partial charge in [-0.2, -0.15) is 0 Å². The molecule has 0 fully saturated rings. The Kier molecular flexibility index (Phi) is 3.94. The molecule has 0 N–H and O–H groups in total. The van der Waals surface area contributed by atoms with Crippen molar-refractivity contribution in [2.75, 3.05) is 0 Å². The molecular formula is C12H10F2N2O2S. The van der Waals surface area contributed by atoms with Gasteiger partial charge in [-0.25, -0.2) is 8.78 Å². The van der Waals surface area contributed by atoms with E-state index in [9.17, 15) is 13.6 Å². The molecule has 0 spiro atoms. The number of benzene rings is 1. The van der Waals surface area contributed by atoms with Gasteiger partial charge in [0.1, 0.15) is 0 Å². The molecule has 2 rings (SSSR count). The van der Waals surface area contributed by atoms with Gasteiger partial charge < -0.3 is 4.42 Å². The second-order valence-electron chi connectivity index (χ2n) is 3.84. The number of carbonyl (C=O) groups is 1. The number of thioether (sulfide) groups is 1. The molecule has 19 heavy (non-hydrogen) atoms. The summed E-state index contributed by atoms with van der Waals surface area (Å²) in [6.07, 6.45) is 0. The van der Waals surface area contributed by atoms with Gasteiger partial charge in [-0.1, -0.05) is 11.8 Å². The Bertz CT molecular complexity index is 616. The molecule has 2 aromatic rings. The minimum atomic E-state index is -1.04. The summed E-state index contributed by atoms with van der Waals surface area (Å²) < 4.78 is 31.0. The Morgan fingerprint density at radius 2 is 2.05 bits per heavy atom. The second-order valence-corrected chi connectivity index (χ2v) is 5.13. The Morgan fingerprint density at radius 3 is 2.63 bits per heavy atom. The van der Waals surface area contributed by atoms with E-state index in [1.807, 2.05) is 0 Å². The number of Topliss-reactive ketones (excluding diaryl/α,β-unsaturated/α-hetero) is 1. The Hall–Kier alpha value is -1.76. The first-order valence-electron chi connectivity index (χ1n) is 5.43. The maximum atomic E-state index is 13.1. The molecule has 0 radical (unpaired) electrons. The lowest BCUT2D eigenvalue weighted by molar-refractivity contribution is 0.0993. The van der Waals surface area contributed by atoms with Crippen LogP contribution in [0.3, 0.4) is 0 Å². The highest BCUT2D eigenvalue weighted by Gasteiger charge is 2.20. The second kappa shape index (κ2) is 5.48. The fraction of sp³-hybridized carbons (Fsp3) is 0.250. The SMILES string of the molecule is Cc1nnc(SC(C)C(=O)c2ccc(F)c(F)c2)o1. The summed E-state index contributed by atoms with van der Waals surface area (Å²) in [5.41, 5.74) is 0.107. The van der Waals surface area contributed by atoms with Crippen LogP contribution in [0.2, 0.25) is 0 Å². The zero-order valence-electron chi connectivity index (χ0n) is 10.2. The third kappa shape index (κ3) is 3.17. The van der Waals surface area contributed by atoms with Crippen LogP contribution >= 0.6 is 11.8 Å². The summed E-state index contributed by atoms with van der Waals surface area (Å²) in [6, 6.07) is 3.06. The summed E-state index contributed by atoms with van der Waals surface area (Å²) in [4.78, 5) is 12.0. The molecule has 0 saturated carbocycles. The van der Waals surface area contributed by atoms with Crippen LogP contribution in [0.4, 0.5) is 8.78 Å². The number of rotatable bonds is 4. The Balaban J connectivity index is 2.12. The number of aryl methyl sites for hydroxylation is 1. The zero-order valence-corrected chi connectivity index (χ0v) is 11.0. The van der Waals surface area contributed by atoms with Crippen LogP contribution in [-0.2, 0) is 0 Å². The van der Waals surface area contributed by atoms with Crippen LogP contribution in [-0.4, -0.2) is 21.2 Å². The molecule has 0 bridgehead atoms. The molecule has 7 heteroatoms. The summed E-state index contributed by atoms with van der Waals surface area (Å²) in [6.45, 7) is 3.27. The molecule has 1 heterocycles. The molecule has 0 aliphatic carbocycles. The Labute approximate surface area is 112 Å². The Morgan fingerprint density at radius 1 is 1.32 bits per heavy atom. The zero-order chi connectivity index (χ0) is 14.0. The van der Waals surface area contributed by atoms with Gasteiger partial charge >= 0.3 is 0 Å². The van der Waals surface area contributed by atoms with E-state index in [2.05, 4.69) is 10.2 Å². The monoisotopic (exact) mass is 284 g/mol. The molecule has 1 atom stereocenters. The minimum Gasteiger partial charge on any atom is -0.416 e. The van der Waals surface area contributed by atoms with Gasteiger partial charge in [-0.15, -0.1) is 10.2 Å². The quantitative estimate of drug-likeness (QED) is 0.638. The fourth-order valence-electron chi connectivity index (χ4n) is 1.41. The third-order valence-corrected chi connectivity index (χ3v) is 3.29. The van der Waals surface area contributed by atoms with Gasteiger partial charge in [0.05, 0.1) is 5.25 Å². The molecule has 100 valence electrons. The number of carbonyl (C=O) groups excluding carboxylic acids is 1. The van der Waals surface area contributed by atoms with Crippen LogP contribution in [0.1, 0.15) is 23.2 Å². The van der Waals surface area contributed by atoms with Gasteiger partial charge in [0.15, 0.2) is 17.4 Å². The highest BCUT2D eigenvalue weighted by molar-refractivity contribution is 8.00. The normalized spacial score (nSPS) is 12.4. The number of hydrogen-bond acceptors (Lipinski definition) is 5. The van der Waals surface area contributed by atoms with Gasteiger partial charge in [0, 0.05) is 12.5 Å². The largest absolute Gasteiger partial charge is 0.416 e. The van der Waals surface area contributed by atoms with E-state index in [0.29, 0.717) is 5.89 Å². The number of halogens is 2. The van der Waals surface area contributed by atoms with Crippen molar-refractivity contribution in [1.82, 2.24) is 10.2 Å². The van der Waals surface area contributed by atoms with Crippen LogP contribution < -0.4 is 0 Å². The van der Waals surface area contributed by atoms with E-state index in [1.165, 1.54) is 6.07 Å². The van der Waals surface area contributed by atoms with E-state index in [1.54, 1.807) is 13.8 Å². The number of hydrogen-bond donors (Lipinski definition) is 0. The van der Waals surface area contributed by atoms with Crippen molar-refractivity contribution in [3.63, 3.8) is 0 Å². The summed E-state index contributed by atoms with van der Waals surface area (Å²) >= 11 is 1.07. The lowest BCUT2D eigenvalue weighted by Gasteiger charge is -2.07. The lowest BCUT2D eigenvalue weighted by atomic mass is 10.1. The molecule has 1 unspecified atom stereocenters. The number of aromatic nitrogens is 2. The van der Waals surface area contributed by atoms with E-state index in [4.69, 9.17) is 4.42 Å². The van der Waals surface area contributed by atoms with Crippen molar-refractivity contribution < 1.29 is 18.0 Å². The number of ketones is 1. The first-order chi connectivity index (χ1) is 8.97. The summed E-state index contributed by atoms with van der Waals surface area (Å²) in [5, 5.41) is 7.12. The average Bonchev–Trinajstić information content (AvgIpc) is 2.77. The van der Waals surface area contributed by atoms with Gasteiger partial charge in [0.25, 0.3) is 5.22 Å². The molecular weight excluding hydrogens is 274 g/mol. The maximum Gasteiger partial charge on any atom is 0.277 e. The van der Waals surface area contributed by atoms with E-state index in [-0.39, 0.29) is 16.6 Å². The van der Waals surface area contributed by atoms with Gasteiger partial charge in [0.2, 0.25) is 5.89 Å². The molecule has 0 aliphatic rings. The van der Waals surface area contributed by atoms with Gasteiger partial charge in [-0.3, -0.25) is 4.79 Å². The van der Waals surface area contributed by atoms with E-state index >= 15 is 0 Å². The third-order valence-electron chi connectivity index (χ3n) is 2.36. The highest BCUT2D eigenvalue weighted by atomic mass is 32.2. The van der Waals surface area contributed by atoms with Crippen molar-refractivity contribution >= 4 is 17.5 Å². The van der Waals surface area contributed by atoms with Gasteiger partial charge in [-0.05, 0) is 25.1 Å². The molecule has 1 aromatic heterocycles. The van der Waals surface area contributed by atoms with Crippen molar-refractivity contribution in [2.45, 2.75) is 24.3 Å². The highest BCUT2D eigenvalue weighted by Crippen LogP contribution is 2.24. The first-order valence-corrected chi connectivity index (χ1v) is 6.31. The van der Waals surface area contributed by atoms with Crippen LogP contribution in [0.15, 0.2) is 27.8 Å². The van der Waals surface area contributed by atoms with Crippen LogP contribution in [0.25, 0.3) is 0 Å². The smallest absolute Gasteiger partial charge is 0.277 e. The molecule has 0 aliphatic heterocycles. The summed E-state index contributed by atoms with van der Waals surface area (Å²) in [5.74, 6) is -1.96. The molecule has 1 aromatic carbocycles. The first kappa shape index (κ1) is 13.7. The topological polar surface area (TPSA) is 56.0 Å². The maximum absolute atomic E-state index is 13.1. The number of nitrogens with zero attached hydrogens (tertiary/aromatic N) is 2. The van der Waals surface area contributed by atoms with Crippen LogP contribution in [0.5, 0.6) is 0 Å². The fourth-order valence-corrected chi connectivity index (χ4v) is 2.22. The van der Waals surface area contributed by atoms with Crippen molar-refractivity contribution in [1.29, 1.82) is 0 Å². The predicted octanol–water partition coefficient (Wildman–Crippen LogP) is 3.02. The lowest BCUT2D eigenvalue weighted by Crippen LogP contribution is -2.14. The average molecular weight is 284 g/mol. The minimum absolute atomic E-state index is 0.107. The van der Waals surface area contributed by atoms with E-state index < -0.39 is 16.9 Å². The molecule has 0 amide bonds. The predicted molar refractivity (Wildman–Crippen MR) is 65.0 cm³/mol. The molecule has 0 saturated heterocycles. The van der Waals surface area contributed by atoms with Crippen molar-refractivity contribution in [3.05, 3.63) is 41.3 Å². The van der Waals surface area contributed by atoms with Crippen molar-refractivity contribution in [3.8, 4) is 0 Å². The van der Waals surface area contributed by atoms with E-state index in [0.717, 1.165) is 23.9 Å².